The van der Waals surface area contributed by atoms with E-state index in [4.69, 9.17) is 18.0 Å². The normalized spacial score (nSPS) is 11.9. The Kier molecular flexibility index (Phi) is 5.43. The summed E-state index contributed by atoms with van der Waals surface area (Å²) in [4.78, 5) is 41.2. The van der Waals surface area contributed by atoms with Gasteiger partial charge < -0.3 is 5.32 Å². The van der Waals surface area contributed by atoms with Gasteiger partial charge in [0.1, 0.15) is 5.82 Å². The second-order valence-corrected chi connectivity index (χ2v) is 7.77. The average molecular weight is 455 g/mol. The zero-order chi connectivity index (χ0) is 23.9. The number of ketones is 2. The fourth-order valence-corrected chi connectivity index (χ4v) is 4.01. The van der Waals surface area contributed by atoms with Gasteiger partial charge >= 0.3 is 0 Å². The number of nitrogens with one attached hydrogen (secondary N) is 2. The lowest BCUT2D eigenvalue weighted by atomic mass is 9.92. The van der Waals surface area contributed by atoms with Crippen LogP contribution in [0.25, 0.3) is 22.4 Å². The van der Waals surface area contributed by atoms with Crippen molar-refractivity contribution in [2.75, 3.05) is 10.6 Å². The van der Waals surface area contributed by atoms with E-state index in [1.165, 1.54) is 13.0 Å². The van der Waals surface area contributed by atoms with Crippen LogP contribution in [0.4, 0.5) is 11.5 Å². The molecule has 0 radical (unpaired) electrons. The van der Waals surface area contributed by atoms with E-state index in [0.717, 1.165) is 0 Å². The monoisotopic (exact) mass is 454 g/mol. The number of nitrogens with zero attached hydrogens (tertiary/aromatic N) is 2. The van der Waals surface area contributed by atoms with Gasteiger partial charge in [0.05, 0.1) is 39.2 Å². The molecule has 0 unspecified atom stereocenters. The summed E-state index contributed by atoms with van der Waals surface area (Å²) in [6.45, 7) is 3.17. The van der Waals surface area contributed by atoms with Gasteiger partial charge in [0.25, 0.3) is 11.7 Å². The molecular weight excluding hydrogens is 440 g/mol. The molecule has 0 fully saturated rings. The van der Waals surface area contributed by atoms with Crippen LogP contribution in [-0.2, 0) is 4.79 Å². The first-order chi connectivity index (χ1) is 15.8. The molecule has 1 aliphatic heterocycles. The van der Waals surface area contributed by atoms with Crippen LogP contribution in [0.1, 0.15) is 38.8 Å². The molecule has 0 spiro atoms. The number of terminal acetylenes is 1. The van der Waals surface area contributed by atoms with Crippen molar-refractivity contribution < 1.29 is 14.4 Å². The first kappa shape index (κ1) is 21.8. The average Bonchev–Trinajstić information content (AvgIpc) is 3.08. The molecule has 7 nitrogen and oxygen atoms in total. The maximum atomic E-state index is 12.4. The summed E-state index contributed by atoms with van der Waals surface area (Å²) >= 11 is 6.38. The van der Waals surface area contributed by atoms with E-state index in [1.54, 1.807) is 37.3 Å². The summed E-state index contributed by atoms with van der Waals surface area (Å²) < 4.78 is 0. The molecule has 1 amide bonds. The summed E-state index contributed by atoms with van der Waals surface area (Å²) in [6.07, 6.45) is 5.40. The van der Waals surface area contributed by atoms with Crippen molar-refractivity contribution in [3.63, 3.8) is 0 Å². The molecular formula is C25H15ClN4O3. The lowest BCUT2D eigenvalue weighted by molar-refractivity contribution is -0.112. The lowest BCUT2D eigenvalue weighted by Gasteiger charge is -2.17. The van der Waals surface area contributed by atoms with Crippen molar-refractivity contribution in [3.8, 4) is 40.9 Å². The molecule has 3 aromatic rings. The fraction of sp³-hybridized carbons (Fsp3) is 0.0800. The Hall–Kier alpha value is -4.46. The Balaban J connectivity index is 2.08. The maximum Gasteiger partial charge on any atom is 0.296 e. The standard InChI is InChI=1S/C25H15ClN4O3/c1-4-28-24-17(13(3)31)10-18(21(29-24)16-7-5-6-14(11-27)12(16)2)15-8-19-22(20(26)9-15)30-25(33)23(19)32/h1,5-10H,2-3H3,(H,28,29)(H,30,32,33). The van der Waals surface area contributed by atoms with Crippen LogP contribution < -0.4 is 10.6 Å². The quantitative estimate of drug-likeness (QED) is 0.258. The molecule has 1 aliphatic rings. The minimum absolute atomic E-state index is 0.131. The number of carbonyl (C=O) groups excluding carboxylic acids is 3. The van der Waals surface area contributed by atoms with E-state index >= 15 is 0 Å². The smallest absolute Gasteiger partial charge is 0.296 e. The van der Waals surface area contributed by atoms with Crippen LogP contribution in [0, 0.1) is 30.7 Å². The minimum atomic E-state index is -0.766. The van der Waals surface area contributed by atoms with Gasteiger partial charge in [0.2, 0.25) is 0 Å². The van der Waals surface area contributed by atoms with Gasteiger partial charge in [0.15, 0.2) is 5.78 Å². The van der Waals surface area contributed by atoms with Gasteiger partial charge in [-0.3, -0.25) is 19.7 Å². The number of Topliss-reactive ketones (excluding diaryl/α,β-unsaturated/α-hetero) is 2. The van der Waals surface area contributed by atoms with Crippen LogP contribution in [0.15, 0.2) is 36.4 Å². The van der Waals surface area contributed by atoms with Crippen molar-refractivity contribution in [2.24, 2.45) is 0 Å². The van der Waals surface area contributed by atoms with Gasteiger partial charge in [-0.15, -0.1) is 0 Å². The van der Waals surface area contributed by atoms with E-state index in [2.05, 4.69) is 27.7 Å². The summed E-state index contributed by atoms with van der Waals surface area (Å²) in [6, 6.07) is 14.4. The lowest BCUT2D eigenvalue weighted by Crippen LogP contribution is -2.12. The molecule has 0 bridgehead atoms. The zero-order valence-electron chi connectivity index (χ0n) is 17.5. The van der Waals surface area contributed by atoms with E-state index in [0.29, 0.717) is 33.5 Å². The highest BCUT2D eigenvalue weighted by molar-refractivity contribution is 6.53. The van der Waals surface area contributed by atoms with Crippen LogP contribution in [0.2, 0.25) is 5.02 Å². The van der Waals surface area contributed by atoms with E-state index in [-0.39, 0.29) is 33.4 Å². The third-order valence-corrected chi connectivity index (χ3v) is 5.69. The first-order valence-corrected chi connectivity index (χ1v) is 10.1. The molecule has 8 heteroatoms. The Bertz CT molecular complexity index is 1480. The van der Waals surface area contributed by atoms with Crippen LogP contribution in [0.3, 0.4) is 0 Å². The number of benzene rings is 2. The number of carbonyl (C=O) groups is 3. The van der Waals surface area contributed by atoms with E-state index in [9.17, 15) is 19.6 Å². The molecule has 0 saturated carbocycles. The summed E-state index contributed by atoms with van der Waals surface area (Å²) in [5, 5.41) is 14.8. The van der Waals surface area contributed by atoms with Gasteiger partial charge in [-0.1, -0.05) is 30.2 Å². The number of nitriles is 1. The second-order valence-electron chi connectivity index (χ2n) is 7.36. The predicted molar refractivity (Wildman–Crippen MR) is 125 cm³/mol. The molecule has 160 valence electrons. The first-order valence-electron chi connectivity index (χ1n) is 9.74. The molecule has 2 aromatic carbocycles. The number of amides is 1. The summed E-state index contributed by atoms with van der Waals surface area (Å²) in [7, 11) is 0. The molecule has 1 aromatic heterocycles. The molecule has 2 N–H and O–H groups in total. The number of hydrogen-bond acceptors (Lipinski definition) is 6. The van der Waals surface area contributed by atoms with Gasteiger partial charge in [-0.05, 0) is 49.2 Å². The highest BCUT2D eigenvalue weighted by Gasteiger charge is 2.31. The molecule has 0 saturated heterocycles. The number of fused-ring (bicyclic) bond motifs is 1. The number of anilines is 2. The van der Waals surface area contributed by atoms with Crippen LogP contribution in [-0.4, -0.2) is 22.5 Å². The Labute approximate surface area is 194 Å². The Morgan fingerprint density at radius 1 is 1.18 bits per heavy atom. The number of aromatic nitrogens is 1. The highest BCUT2D eigenvalue weighted by atomic mass is 35.5. The Morgan fingerprint density at radius 3 is 2.61 bits per heavy atom. The summed E-state index contributed by atoms with van der Waals surface area (Å²) in [5.74, 6) is -1.57. The van der Waals surface area contributed by atoms with Crippen molar-refractivity contribution in [1.82, 2.24) is 4.98 Å². The molecule has 0 aliphatic carbocycles. The number of hydrogen-bond donors (Lipinski definition) is 2. The topological polar surface area (TPSA) is 112 Å². The predicted octanol–water partition coefficient (Wildman–Crippen LogP) is 4.59. The maximum absolute atomic E-state index is 12.4. The number of pyridine rings is 1. The van der Waals surface area contributed by atoms with Crippen molar-refractivity contribution in [3.05, 3.63) is 63.7 Å². The van der Waals surface area contributed by atoms with Crippen molar-refractivity contribution >= 4 is 40.6 Å². The zero-order valence-corrected chi connectivity index (χ0v) is 18.3. The molecule has 2 heterocycles. The number of halogens is 1. The molecule has 33 heavy (non-hydrogen) atoms. The van der Waals surface area contributed by atoms with Crippen molar-refractivity contribution in [2.45, 2.75) is 13.8 Å². The van der Waals surface area contributed by atoms with Crippen molar-refractivity contribution in [1.29, 1.82) is 5.26 Å². The van der Waals surface area contributed by atoms with Gasteiger partial charge in [-0.25, -0.2) is 4.98 Å². The largest absolute Gasteiger partial charge is 0.317 e. The highest BCUT2D eigenvalue weighted by Crippen LogP contribution is 2.41. The van der Waals surface area contributed by atoms with Gasteiger partial charge in [0, 0.05) is 17.2 Å². The Morgan fingerprint density at radius 2 is 1.94 bits per heavy atom. The van der Waals surface area contributed by atoms with Crippen LogP contribution in [0.5, 0.6) is 0 Å². The third kappa shape index (κ3) is 3.61. The number of rotatable bonds is 4. The molecule has 4 rings (SSSR count). The minimum Gasteiger partial charge on any atom is -0.317 e. The van der Waals surface area contributed by atoms with Gasteiger partial charge in [-0.2, -0.15) is 5.26 Å². The SMILES string of the molecule is C#CNc1nc(-c2cccc(C#N)c2C)c(-c2cc(Cl)c3c(c2)C(=O)C(=O)N3)cc1C(C)=O. The fourth-order valence-electron chi connectivity index (χ4n) is 3.74. The van der Waals surface area contributed by atoms with E-state index < -0.39 is 11.7 Å². The molecule has 0 atom stereocenters. The van der Waals surface area contributed by atoms with E-state index in [1.807, 2.05) is 0 Å². The second kappa shape index (κ2) is 8.23. The third-order valence-electron chi connectivity index (χ3n) is 5.39. The van der Waals surface area contributed by atoms with Crippen LogP contribution >= 0.6 is 11.6 Å². The summed E-state index contributed by atoms with van der Waals surface area (Å²) in [5.41, 5.74) is 3.76.